The zero-order valence-corrected chi connectivity index (χ0v) is 17.4. The molecule has 0 unspecified atom stereocenters. The first-order valence-corrected chi connectivity index (χ1v) is 11.3. The van der Waals surface area contributed by atoms with E-state index in [0.29, 0.717) is 28.4 Å². The van der Waals surface area contributed by atoms with E-state index < -0.39 is 10.0 Å². The van der Waals surface area contributed by atoms with Gasteiger partial charge in [0.25, 0.3) is 5.91 Å². The van der Waals surface area contributed by atoms with E-state index in [0.717, 1.165) is 12.8 Å². The van der Waals surface area contributed by atoms with Crippen molar-refractivity contribution in [2.45, 2.75) is 38.7 Å². The SMILES string of the molecule is CCS(=O)(=O)Nc1ccc(NC(=O)c2ccc(OC3CCCC3)c(OC)c2)cc1. The largest absolute Gasteiger partial charge is 0.493 e. The van der Waals surface area contributed by atoms with Crippen molar-refractivity contribution in [1.29, 1.82) is 0 Å². The van der Waals surface area contributed by atoms with Gasteiger partial charge in [-0.3, -0.25) is 9.52 Å². The highest BCUT2D eigenvalue weighted by Crippen LogP contribution is 2.32. The van der Waals surface area contributed by atoms with E-state index >= 15 is 0 Å². The van der Waals surface area contributed by atoms with Crippen LogP contribution in [0, 0.1) is 0 Å². The van der Waals surface area contributed by atoms with Crippen LogP contribution in [0.4, 0.5) is 11.4 Å². The Hall–Kier alpha value is -2.74. The summed E-state index contributed by atoms with van der Waals surface area (Å²) in [6, 6.07) is 11.6. The molecule has 156 valence electrons. The van der Waals surface area contributed by atoms with E-state index in [1.54, 1.807) is 56.5 Å². The number of nitrogens with one attached hydrogen (secondary N) is 2. The molecule has 1 fully saturated rings. The van der Waals surface area contributed by atoms with Gasteiger partial charge in [-0.15, -0.1) is 0 Å². The van der Waals surface area contributed by atoms with Crippen molar-refractivity contribution in [3.63, 3.8) is 0 Å². The fourth-order valence-corrected chi connectivity index (χ4v) is 3.81. The molecule has 0 radical (unpaired) electrons. The molecule has 0 bridgehead atoms. The molecule has 1 saturated carbocycles. The van der Waals surface area contributed by atoms with Crippen molar-refractivity contribution < 1.29 is 22.7 Å². The number of amides is 1. The number of carbonyl (C=O) groups excluding carboxylic acids is 1. The quantitative estimate of drug-likeness (QED) is 0.675. The Bertz CT molecular complexity index is 952. The summed E-state index contributed by atoms with van der Waals surface area (Å²) < 4.78 is 37.1. The average Bonchev–Trinajstić information content (AvgIpc) is 3.22. The van der Waals surface area contributed by atoms with Gasteiger partial charge < -0.3 is 14.8 Å². The first kappa shape index (κ1) is 21.0. The normalized spacial score (nSPS) is 14.4. The number of anilines is 2. The highest BCUT2D eigenvalue weighted by atomic mass is 32.2. The van der Waals surface area contributed by atoms with Crippen LogP contribution in [0.25, 0.3) is 0 Å². The van der Waals surface area contributed by atoms with Gasteiger partial charge in [0.05, 0.1) is 19.0 Å². The highest BCUT2D eigenvalue weighted by Gasteiger charge is 2.19. The fraction of sp³-hybridized carbons (Fsp3) is 0.381. The van der Waals surface area contributed by atoms with E-state index in [-0.39, 0.29) is 17.8 Å². The van der Waals surface area contributed by atoms with Crippen LogP contribution < -0.4 is 19.5 Å². The third kappa shape index (κ3) is 5.63. The number of sulfonamides is 1. The third-order valence-corrected chi connectivity index (χ3v) is 6.12. The number of carbonyl (C=O) groups is 1. The van der Waals surface area contributed by atoms with Crippen LogP contribution in [0.2, 0.25) is 0 Å². The lowest BCUT2D eigenvalue weighted by Gasteiger charge is -2.16. The molecule has 3 rings (SSSR count). The van der Waals surface area contributed by atoms with E-state index in [1.807, 2.05) is 0 Å². The number of methoxy groups -OCH3 is 1. The van der Waals surface area contributed by atoms with Crippen LogP contribution in [0.1, 0.15) is 43.0 Å². The smallest absolute Gasteiger partial charge is 0.255 e. The topological polar surface area (TPSA) is 93.7 Å². The zero-order valence-electron chi connectivity index (χ0n) is 16.6. The van der Waals surface area contributed by atoms with Gasteiger partial charge in [0.1, 0.15) is 0 Å². The standard InChI is InChI=1S/C21H26N2O5S/c1-3-29(25,26)23-17-11-9-16(10-12-17)22-21(24)15-8-13-19(20(14-15)27-2)28-18-6-4-5-7-18/h8-14,18,23H,3-7H2,1-2H3,(H,22,24). The van der Waals surface area contributed by atoms with Gasteiger partial charge >= 0.3 is 0 Å². The van der Waals surface area contributed by atoms with Crippen LogP contribution in [0.3, 0.4) is 0 Å². The number of hydrogen-bond acceptors (Lipinski definition) is 5. The number of hydrogen-bond donors (Lipinski definition) is 2. The van der Waals surface area contributed by atoms with Crippen molar-refractivity contribution in [2.24, 2.45) is 0 Å². The number of ether oxygens (including phenoxy) is 2. The minimum atomic E-state index is -3.34. The maximum atomic E-state index is 12.6. The van der Waals surface area contributed by atoms with Gasteiger partial charge in [0, 0.05) is 16.9 Å². The molecule has 1 aliphatic carbocycles. The molecule has 1 amide bonds. The second kappa shape index (κ2) is 9.17. The van der Waals surface area contributed by atoms with Crippen LogP contribution in [0.15, 0.2) is 42.5 Å². The Morgan fingerprint density at radius 3 is 2.31 bits per heavy atom. The lowest BCUT2D eigenvalue weighted by Crippen LogP contribution is -2.15. The van der Waals surface area contributed by atoms with Crippen LogP contribution >= 0.6 is 0 Å². The molecular weight excluding hydrogens is 392 g/mol. The van der Waals surface area contributed by atoms with Crippen molar-refractivity contribution in [1.82, 2.24) is 0 Å². The summed E-state index contributed by atoms with van der Waals surface area (Å²) in [7, 11) is -1.79. The molecule has 0 atom stereocenters. The molecule has 2 aromatic carbocycles. The molecule has 2 N–H and O–H groups in total. The molecule has 0 saturated heterocycles. The first-order chi connectivity index (χ1) is 13.9. The Morgan fingerprint density at radius 2 is 1.69 bits per heavy atom. The second-order valence-corrected chi connectivity index (χ2v) is 8.94. The summed E-state index contributed by atoms with van der Waals surface area (Å²) in [4.78, 5) is 12.6. The van der Waals surface area contributed by atoms with E-state index in [2.05, 4.69) is 10.0 Å². The zero-order chi connectivity index (χ0) is 20.9. The number of rotatable bonds is 8. The lowest BCUT2D eigenvalue weighted by atomic mass is 10.1. The summed E-state index contributed by atoms with van der Waals surface area (Å²) in [5, 5.41) is 2.79. The highest BCUT2D eigenvalue weighted by molar-refractivity contribution is 7.92. The van der Waals surface area contributed by atoms with Gasteiger partial charge in [-0.25, -0.2) is 8.42 Å². The van der Waals surface area contributed by atoms with E-state index in [4.69, 9.17) is 9.47 Å². The minimum Gasteiger partial charge on any atom is -0.493 e. The van der Waals surface area contributed by atoms with Crippen molar-refractivity contribution in [3.8, 4) is 11.5 Å². The Labute approximate surface area is 171 Å². The van der Waals surface area contributed by atoms with Crippen molar-refractivity contribution >= 4 is 27.3 Å². The van der Waals surface area contributed by atoms with E-state index in [9.17, 15) is 13.2 Å². The summed E-state index contributed by atoms with van der Waals surface area (Å²) in [6.07, 6.45) is 4.62. The van der Waals surface area contributed by atoms with Gasteiger partial charge in [0.15, 0.2) is 11.5 Å². The summed E-state index contributed by atoms with van der Waals surface area (Å²) in [6.45, 7) is 1.56. The maximum Gasteiger partial charge on any atom is 0.255 e. The van der Waals surface area contributed by atoms with Gasteiger partial charge in [-0.05, 0) is 75.1 Å². The Kier molecular flexibility index (Phi) is 6.64. The Morgan fingerprint density at radius 1 is 1.03 bits per heavy atom. The third-order valence-electron chi connectivity index (χ3n) is 4.82. The molecule has 2 aromatic rings. The average molecular weight is 419 g/mol. The monoisotopic (exact) mass is 418 g/mol. The van der Waals surface area contributed by atoms with E-state index in [1.165, 1.54) is 12.8 Å². The molecule has 0 spiro atoms. The molecular formula is C21H26N2O5S. The molecule has 0 aromatic heterocycles. The number of benzene rings is 2. The molecule has 29 heavy (non-hydrogen) atoms. The summed E-state index contributed by atoms with van der Waals surface area (Å²) in [5.41, 5.74) is 1.44. The fourth-order valence-electron chi connectivity index (χ4n) is 3.17. The maximum absolute atomic E-state index is 12.6. The molecule has 0 heterocycles. The van der Waals surface area contributed by atoms with Gasteiger partial charge in [0.2, 0.25) is 10.0 Å². The van der Waals surface area contributed by atoms with Crippen molar-refractivity contribution in [2.75, 3.05) is 22.9 Å². The van der Waals surface area contributed by atoms with Gasteiger partial charge in [-0.2, -0.15) is 0 Å². The molecule has 7 nitrogen and oxygen atoms in total. The summed E-state index contributed by atoms with van der Waals surface area (Å²) in [5.74, 6) is 0.864. The summed E-state index contributed by atoms with van der Waals surface area (Å²) >= 11 is 0. The predicted molar refractivity (Wildman–Crippen MR) is 113 cm³/mol. The van der Waals surface area contributed by atoms with Gasteiger partial charge in [-0.1, -0.05) is 0 Å². The second-order valence-electron chi connectivity index (χ2n) is 6.93. The minimum absolute atomic E-state index is 0.00617. The van der Waals surface area contributed by atoms with Crippen LogP contribution in [-0.2, 0) is 10.0 Å². The molecule has 0 aliphatic heterocycles. The molecule has 1 aliphatic rings. The van der Waals surface area contributed by atoms with Crippen LogP contribution in [-0.4, -0.2) is 33.3 Å². The van der Waals surface area contributed by atoms with Crippen molar-refractivity contribution in [3.05, 3.63) is 48.0 Å². The Balaban J connectivity index is 1.67. The predicted octanol–water partition coefficient (Wildman–Crippen LogP) is 4.03. The van der Waals surface area contributed by atoms with Crippen LogP contribution in [0.5, 0.6) is 11.5 Å². The lowest BCUT2D eigenvalue weighted by molar-refractivity contribution is 0.102. The molecule has 8 heteroatoms. The first-order valence-electron chi connectivity index (χ1n) is 9.67.